The van der Waals surface area contributed by atoms with E-state index in [-0.39, 0.29) is 29.8 Å². The molecular weight excluding hydrogens is 332 g/mol. The number of nitrogens with zero attached hydrogens (tertiary/aromatic N) is 3. The van der Waals surface area contributed by atoms with Crippen LogP contribution in [0.25, 0.3) is 0 Å². The van der Waals surface area contributed by atoms with Crippen molar-refractivity contribution in [1.82, 2.24) is 15.1 Å². The van der Waals surface area contributed by atoms with Gasteiger partial charge in [-0.1, -0.05) is 36.9 Å². The molecule has 0 radical (unpaired) electrons. The monoisotopic (exact) mass is 358 g/mol. The summed E-state index contributed by atoms with van der Waals surface area (Å²) in [5.41, 5.74) is 0. The molecule has 130 valence electrons. The average Bonchev–Trinajstić information content (AvgIpc) is 2.90. The summed E-state index contributed by atoms with van der Waals surface area (Å²) in [7, 11) is 0. The summed E-state index contributed by atoms with van der Waals surface area (Å²) in [6, 6.07) is 0.339. The minimum Gasteiger partial charge on any atom is -0.337 e. The lowest BCUT2D eigenvalue weighted by atomic mass is 10.1. The van der Waals surface area contributed by atoms with Crippen LogP contribution in [-0.4, -0.2) is 44.7 Å². The molecule has 0 aromatic carbocycles. The number of hydrogen-bond acceptors (Lipinski definition) is 6. The lowest BCUT2D eigenvalue weighted by molar-refractivity contribution is -0.131. The van der Waals surface area contributed by atoms with Crippen molar-refractivity contribution in [2.24, 2.45) is 5.92 Å². The van der Waals surface area contributed by atoms with E-state index >= 15 is 0 Å². The second kappa shape index (κ2) is 9.22. The van der Waals surface area contributed by atoms with Gasteiger partial charge in [0.25, 0.3) is 0 Å². The highest BCUT2D eigenvalue weighted by Crippen LogP contribution is 2.26. The molecule has 0 bridgehead atoms. The Hall–Kier alpha value is -1.15. The van der Waals surface area contributed by atoms with E-state index in [1.54, 1.807) is 0 Å². The highest BCUT2D eigenvalue weighted by molar-refractivity contribution is 8.01. The molecule has 23 heavy (non-hydrogen) atoms. The van der Waals surface area contributed by atoms with E-state index in [2.05, 4.69) is 15.5 Å². The number of rotatable bonds is 8. The van der Waals surface area contributed by atoms with Gasteiger partial charge < -0.3 is 10.2 Å². The third-order valence-electron chi connectivity index (χ3n) is 3.42. The lowest BCUT2D eigenvalue weighted by Gasteiger charge is -2.30. The zero-order valence-corrected chi connectivity index (χ0v) is 16.3. The quantitative estimate of drug-likeness (QED) is 0.570. The van der Waals surface area contributed by atoms with Crippen LogP contribution in [0.15, 0.2) is 4.34 Å². The maximum atomic E-state index is 12.3. The van der Waals surface area contributed by atoms with Gasteiger partial charge in [0.2, 0.25) is 16.9 Å². The Kier molecular flexibility index (Phi) is 7.98. The van der Waals surface area contributed by atoms with Crippen molar-refractivity contribution in [3.05, 3.63) is 0 Å². The molecule has 0 aliphatic heterocycles. The highest BCUT2D eigenvalue weighted by Gasteiger charge is 2.21. The van der Waals surface area contributed by atoms with Crippen LogP contribution in [0.5, 0.6) is 0 Å². The Balaban J connectivity index is 2.56. The maximum Gasteiger partial charge on any atom is 0.233 e. The SMILES string of the molecule is CCC(C)C(=O)Nc1nnc(SCC(=O)N(C(C)C)C(C)C)s1. The molecule has 1 unspecified atom stereocenters. The topological polar surface area (TPSA) is 75.2 Å². The van der Waals surface area contributed by atoms with E-state index in [4.69, 9.17) is 0 Å². The van der Waals surface area contributed by atoms with Crippen LogP contribution in [0.4, 0.5) is 5.13 Å². The van der Waals surface area contributed by atoms with Gasteiger partial charge in [0, 0.05) is 18.0 Å². The van der Waals surface area contributed by atoms with Gasteiger partial charge in [0.15, 0.2) is 4.34 Å². The Labute approximate surface area is 146 Å². The number of carbonyl (C=O) groups is 2. The number of hydrogen-bond donors (Lipinski definition) is 1. The summed E-state index contributed by atoms with van der Waals surface area (Å²) >= 11 is 2.65. The molecule has 1 N–H and O–H groups in total. The van der Waals surface area contributed by atoms with Crippen LogP contribution in [0.1, 0.15) is 48.0 Å². The second-order valence-electron chi connectivity index (χ2n) is 5.95. The summed E-state index contributed by atoms with van der Waals surface area (Å²) in [5.74, 6) is 0.300. The molecule has 0 aliphatic carbocycles. The summed E-state index contributed by atoms with van der Waals surface area (Å²) in [5, 5.41) is 11.2. The third kappa shape index (κ3) is 6.10. The van der Waals surface area contributed by atoms with Crippen molar-refractivity contribution in [2.75, 3.05) is 11.1 Å². The van der Waals surface area contributed by atoms with Crippen LogP contribution < -0.4 is 5.32 Å². The zero-order chi connectivity index (χ0) is 17.6. The fourth-order valence-electron chi connectivity index (χ4n) is 2.10. The molecule has 0 aliphatic rings. The van der Waals surface area contributed by atoms with E-state index < -0.39 is 0 Å². The fraction of sp³-hybridized carbons (Fsp3) is 0.733. The Morgan fingerprint density at radius 1 is 1.17 bits per heavy atom. The lowest BCUT2D eigenvalue weighted by Crippen LogP contribution is -2.43. The zero-order valence-electron chi connectivity index (χ0n) is 14.6. The average molecular weight is 359 g/mol. The summed E-state index contributed by atoms with van der Waals surface area (Å²) < 4.78 is 0.685. The molecule has 0 fully saturated rings. The van der Waals surface area contributed by atoms with E-state index in [0.29, 0.717) is 15.2 Å². The normalized spacial score (nSPS) is 12.5. The van der Waals surface area contributed by atoms with Crippen molar-refractivity contribution in [3.8, 4) is 0 Å². The minimum absolute atomic E-state index is 0.0535. The van der Waals surface area contributed by atoms with Gasteiger partial charge in [-0.05, 0) is 34.1 Å². The van der Waals surface area contributed by atoms with Gasteiger partial charge in [-0.3, -0.25) is 9.59 Å². The summed E-state index contributed by atoms with van der Waals surface area (Å²) in [6.07, 6.45) is 0.779. The Bertz CT molecular complexity index is 523. The summed E-state index contributed by atoms with van der Waals surface area (Å²) in [4.78, 5) is 26.0. The van der Waals surface area contributed by atoms with Crippen LogP contribution in [0.3, 0.4) is 0 Å². The van der Waals surface area contributed by atoms with Crippen molar-refractivity contribution in [1.29, 1.82) is 0 Å². The number of anilines is 1. The van der Waals surface area contributed by atoms with E-state index in [1.807, 2.05) is 46.4 Å². The third-order valence-corrected chi connectivity index (χ3v) is 5.37. The van der Waals surface area contributed by atoms with Crippen LogP contribution in [0.2, 0.25) is 0 Å². The highest BCUT2D eigenvalue weighted by atomic mass is 32.2. The van der Waals surface area contributed by atoms with E-state index in [9.17, 15) is 9.59 Å². The van der Waals surface area contributed by atoms with Gasteiger partial charge in [-0.2, -0.15) is 0 Å². The van der Waals surface area contributed by atoms with Gasteiger partial charge in [0.1, 0.15) is 0 Å². The first-order chi connectivity index (χ1) is 10.8. The molecule has 1 aromatic rings. The van der Waals surface area contributed by atoms with Crippen LogP contribution >= 0.6 is 23.1 Å². The van der Waals surface area contributed by atoms with Crippen molar-refractivity contribution < 1.29 is 9.59 Å². The first-order valence-electron chi connectivity index (χ1n) is 7.84. The predicted molar refractivity (Wildman–Crippen MR) is 95.8 cm³/mol. The Morgan fingerprint density at radius 2 is 1.78 bits per heavy atom. The molecule has 6 nitrogen and oxygen atoms in total. The predicted octanol–water partition coefficient (Wildman–Crippen LogP) is 3.26. The van der Waals surface area contributed by atoms with Crippen molar-refractivity contribution >= 4 is 40.0 Å². The number of aromatic nitrogens is 2. The van der Waals surface area contributed by atoms with Crippen LogP contribution in [0, 0.1) is 5.92 Å². The van der Waals surface area contributed by atoms with Crippen LogP contribution in [-0.2, 0) is 9.59 Å². The van der Waals surface area contributed by atoms with Gasteiger partial charge >= 0.3 is 0 Å². The van der Waals surface area contributed by atoms with Gasteiger partial charge in [0.05, 0.1) is 5.75 Å². The molecular formula is C15H26N4O2S2. The standard InChI is InChI=1S/C15H26N4O2S2/c1-7-11(6)13(21)16-14-17-18-15(23-14)22-8-12(20)19(9(2)3)10(4)5/h9-11H,7-8H2,1-6H3,(H,16,17,21). The van der Waals surface area contributed by atoms with Crippen molar-refractivity contribution in [3.63, 3.8) is 0 Å². The van der Waals surface area contributed by atoms with Crippen molar-refractivity contribution in [2.45, 2.75) is 64.4 Å². The van der Waals surface area contributed by atoms with Gasteiger partial charge in [-0.15, -0.1) is 10.2 Å². The summed E-state index contributed by atoms with van der Waals surface area (Å²) in [6.45, 7) is 11.9. The maximum absolute atomic E-state index is 12.3. The number of carbonyl (C=O) groups excluding carboxylic acids is 2. The first-order valence-corrected chi connectivity index (χ1v) is 9.64. The van der Waals surface area contributed by atoms with E-state index in [0.717, 1.165) is 6.42 Å². The minimum atomic E-state index is -0.0536. The van der Waals surface area contributed by atoms with Gasteiger partial charge in [-0.25, -0.2) is 0 Å². The Morgan fingerprint density at radius 3 is 2.30 bits per heavy atom. The molecule has 1 rings (SSSR count). The second-order valence-corrected chi connectivity index (χ2v) is 8.15. The number of thioether (sulfide) groups is 1. The molecule has 2 amide bonds. The molecule has 0 spiro atoms. The molecule has 1 heterocycles. The molecule has 1 aromatic heterocycles. The smallest absolute Gasteiger partial charge is 0.233 e. The largest absolute Gasteiger partial charge is 0.337 e. The molecule has 8 heteroatoms. The number of amides is 2. The number of nitrogens with one attached hydrogen (secondary N) is 1. The fourth-order valence-corrected chi connectivity index (χ4v) is 3.73. The molecule has 0 saturated carbocycles. The first kappa shape index (κ1) is 19.9. The van der Waals surface area contributed by atoms with E-state index in [1.165, 1.54) is 23.1 Å². The molecule has 1 atom stereocenters. The molecule has 0 saturated heterocycles.